The molecule has 19 heavy (non-hydrogen) atoms. The van der Waals surface area contributed by atoms with Crippen LogP contribution in [0.25, 0.3) is 0 Å². The Hall–Kier alpha value is -1.22. The molecule has 0 saturated carbocycles. The first-order valence-electron chi connectivity index (χ1n) is 7.75. The molecular weight excluding hydrogens is 234 g/mol. The van der Waals surface area contributed by atoms with Crippen molar-refractivity contribution < 1.29 is 0 Å². The molecule has 2 saturated heterocycles. The summed E-state index contributed by atoms with van der Waals surface area (Å²) >= 11 is 0. The predicted molar refractivity (Wildman–Crippen MR) is 82.0 cm³/mol. The fourth-order valence-electron chi connectivity index (χ4n) is 3.21. The van der Waals surface area contributed by atoms with Crippen LogP contribution in [-0.4, -0.2) is 32.2 Å². The summed E-state index contributed by atoms with van der Waals surface area (Å²) in [5.74, 6) is 0. The largest absolute Gasteiger partial charge is 0.381 e. The van der Waals surface area contributed by atoms with E-state index in [4.69, 9.17) is 0 Å². The molecule has 104 valence electrons. The Morgan fingerprint density at radius 3 is 2.74 bits per heavy atom. The zero-order valence-corrected chi connectivity index (χ0v) is 11.7. The van der Waals surface area contributed by atoms with Crippen molar-refractivity contribution in [3.63, 3.8) is 0 Å². The third-order valence-electron chi connectivity index (χ3n) is 4.29. The van der Waals surface area contributed by atoms with Crippen molar-refractivity contribution in [3.8, 4) is 0 Å². The van der Waals surface area contributed by atoms with E-state index in [1.54, 1.807) is 0 Å². The first kappa shape index (κ1) is 12.8. The average molecular weight is 259 g/mol. The molecule has 2 aliphatic heterocycles. The van der Waals surface area contributed by atoms with Gasteiger partial charge in [0.15, 0.2) is 0 Å². The van der Waals surface area contributed by atoms with Crippen molar-refractivity contribution in [2.24, 2.45) is 0 Å². The van der Waals surface area contributed by atoms with Crippen molar-refractivity contribution in [2.75, 3.05) is 36.4 Å². The fourth-order valence-corrected chi connectivity index (χ4v) is 3.21. The maximum absolute atomic E-state index is 3.78. The van der Waals surface area contributed by atoms with Gasteiger partial charge in [0.05, 0.1) is 11.4 Å². The summed E-state index contributed by atoms with van der Waals surface area (Å²) in [5.41, 5.74) is 2.73. The van der Waals surface area contributed by atoms with Crippen LogP contribution in [0.2, 0.25) is 0 Å². The van der Waals surface area contributed by atoms with Crippen LogP contribution in [0.1, 0.15) is 32.1 Å². The van der Waals surface area contributed by atoms with Gasteiger partial charge in [0.2, 0.25) is 0 Å². The molecule has 1 unspecified atom stereocenters. The highest BCUT2D eigenvalue weighted by molar-refractivity contribution is 5.70. The molecule has 3 heteroatoms. The van der Waals surface area contributed by atoms with Gasteiger partial charge in [-0.2, -0.15) is 0 Å². The summed E-state index contributed by atoms with van der Waals surface area (Å²) in [7, 11) is 0. The van der Waals surface area contributed by atoms with Crippen LogP contribution in [0.5, 0.6) is 0 Å². The molecule has 3 rings (SSSR count). The normalized spacial score (nSPS) is 24.2. The summed E-state index contributed by atoms with van der Waals surface area (Å²) < 4.78 is 0. The molecule has 0 radical (unpaired) electrons. The van der Waals surface area contributed by atoms with Crippen LogP contribution in [-0.2, 0) is 0 Å². The van der Waals surface area contributed by atoms with E-state index >= 15 is 0 Å². The lowest BCUT2D eigenvalue weighted by molar-refractivity contribution is 0.637. The van der Waals surface area contributed by atoms with Gasteiger partial charge in [-0.05, 0) is 57.3 Å². The molecule has 0 bridgehead atoms. The monoisotopic (exact) mass is 259 g/mol. The minimum absolute atomic E-state index is 0.624. The molecule has 2 heterocycles. The minimum Gasteiger partial charge on any atom is -0.381 e. The molecule has 1 atom stereocenters. The van der Waals surface area contributed by atoms with Crippen molar-refractivity contribution in [1.82, 2.24) is 5.32 Å². The van der Waals surface area contributed by atoms with Gasteiger partial charge in [-0.15, -0.1) is 0 Å². The summed E-state index contributed by atoms with van der Waals surface area (Å²) in [5, 5.41) is 7.27. The van der Waals surface area contributed by atoms with E-state index in [1.165, 1.54) is 63.1 Å². The predicted octanol–water partition coefficient (Wildman–Crippen LogP) is 2.84. The molecule has 2 N–H and O–H groups in total. The van der Waals surface area contributed by atoms with Crippen molar-refractivity contribution in [3.05, 3.63) is 24.3 Å². The number of hydrogen-bond acceptors (Lipinski definition) is 3. The molecule has 2 aliphatic rings. The van der Waals surface area contributed by atoms with Gasteiger partial charge >= 0.3 is 0 Å². The maximum atomic E-state index is 3.78. The Labute approximate surface area is 116 Å². The summed E-state index contributed by atoms with van der Waals surface area (Å²) in [4.78, 5) is 2.53. The topological polar surface area (TPSA) is 27.3 Å². The van der Waals surface area contributed by atoms with Crippen LogP contribution in [0.4, 0.5) is 11.4 Å². The second kappa shape index (κ2) is 6.29. The van der Waals surface area contributed by atoms with Gasteiger partial charge in [-0.1, -0.05) is 12.1 Å². The highest BCUT2D eigenvalue weighted by Crippen LogP contribution is 2.29. The summed E-state index contributed by atoms with van der Waals surface area (Å²) in [6.45, 7) is 4.74. The molecule has 0 aromatic heterocycles. The molecule has 0 amide bonds. The lowest BCUT2D eigenvalue weighted by Gasteiger charge is -2.25. The van der Waals surface area contributed by atoms with Crippen LogP contribution in [0, 0.1) is 0 Å². The Kier molecular flexibility index (Phi) is 4.23. The number of rotatable bonds is 3. The third kappa shape index (κ3) is 3.21. The molecule has 1 aromatic carbocycles. The number of benzene rings is 1. The Balaban J connectivity index is 1.72. The second-order valence-electron chi connectivity index (χ2n) is 5.73. The zero-order chi connectivity index (χ0) is 12.9. The van der Waals surface area contributed by atoms with Crippen molar-refractivity contribution in [1.29, 1.82) is 0 Å². The van der Waals surface area contributed by atoms with Gasteiger partial charge in [-0.25, -0.2) is 0 Å². The van der Waals surface area contributed by atoms with E-state index < -0.39 is 0 Å². The van der Waals surface area contributed by atoms with E-state index in [1.807, 2.05) is 0 Å². The SMILES string of the molecule is c1ccc(N2CCCC2)c(NC2CCCNCC2)c1. The summed E-state index contributed by atoms with van der Waals surface area (Å²) in [6, 6.07) is 9.44. The Bertz CT molecular complexity index is 391. The molecule has 2 fully saturated rings. The van der Waals surface area contributed by atoms with Gasteiger partial charge in [0.25, 0.3) is 0 Å². The highest BCUT2D eigenvalue weighted by Gasteiger charge is 2.17. The van der Waals surface area contributed by atoms with Crippen molar-refractivity contribution in [2.45, 2.75) is 38.1 Å². The Morgan fingerprint density at radius 1 is 1.00 bits per heavy atom. The van der Waals surface area contributed by atoms with Gasteiger partial charge in [-0.3, -0.25) is 0 Å². The van der Waals surface area contributed by atoms with Crippen LogP contribution < -0.4 is 15.5 Å². The van der Waals surface area contributed by atoms with Crippen LogP contribution in [0.15, 0.2) is 24.3 Å². The summed E-state index contributed by atoms with van der Waals surface area (Å²) in [6.07, 6.45) is 6.46. The van der Waals surface area contributed by atoms with Gasteiger partial charge in [0, 0.05) is 19.1 Å². The van der Waals surface area contributed by atoms with E-state index in [2.05, 4.69) is 39.8 Å². The molecule has 1 aromatic rings. The number of anilines is 2. The number of para-hydroxylation sites is 2. The van der Waals surface area contributed by atoms with Gasteiger partial charge in [0.1, 0.15) is 0 Å². The number of nitrogens with zero attached hydrogens (tertiary/aromatic N) is 1. The third-order valence-corrected chi connectivity index (χ3v) is 4.29. The average Bonchev–Trinajstić information content (AvgIpc) is 2.85. The first-order valence-corrected chi connectivity index (χ1v) is 7.75. The van der Waals surface area contributed by atoms with Crippen LogP contribution in [0.3, 0.4) is 0 Å². The zero-order valence-electron chi connectivity index (χ0n) is 11.7. The van der Waals surface area contributed by atoms with E-state index in [-0.39, 0.29) is 0 Å². The van der Waals surface area contributed by atoms with E-state index in [0.717, 1.165) is 6.54 Å². The number of hydrogen-bond donors (Lipinski definition) is 2. The standard InChI is InChI=1S/C16H25N3/c1-2-8-16(19-12-3-4-13-19)15(7-1)18-14-6-5-10-17-11-9-14/h1-2,7-8,14,17-18H,3-6,9-13H2. The number of nitrogens with one attached hydrogen (secondary N) is 2. The first-order chi connectivity index (χ1) is 9.43. The maximum Gasteiger partial charge on any atom is 0.0602 e. The quantitative estimate of drug-likeness (QED) is 0.874. The van der Waals surface area contributed by atoms with E-state index in [0.29, 0.717) is 6.04 Å². The smallest absolute Gasteiger partial charge is 0.0602 e. The van der Waals surface area contributed by atoms with E-state index in [9.17, 15) is 0 Å². The molecular formula is C16H25N3. The fraction of sp³-hybridized carbons (Fsp3) is 0.625. The Morgan fingerprint density at radius 2 is 1.84 bits per heavy atom. The highest BCUT2D eigenvalue weighted by atomic mass is 15.2. The van der Waals surface area contributed by atoms with Gasteiger partial charge < -0.3 is 15.5 Å². The van der Waals surface area contributed by atoms with Crippen molar-refractivity contribution >= 4 is 11.4 Å². The van der Waals surface area contributed by atoms with Crippen LogP contribution >= 0.6 is 0 Å². The molecule has 0 spiro atoms. The minimum atomic E-state index is 0.624. The molecule has 3 nitrogen and oxygen atoms in total. The lowest BCUT2D eigenvalue weighted by Crippen LogP contribution is -2.24. The molecule has 0 aliphatic carbocycles. The lowest BCUT2D eigenvalue weighted by atomic mass is 10.1. The second-order valence-corrected chi connectivity index (χ2v) is 5.73.